The Morgan fingerprint density at radius 2 is 1.76 bits per heavy atom. The number of nitrogens with one attached hydrogen (secondary N) is 1. The predicted octanol–water partition coefficient (Wildman–Crippen LogP) is 3.90. The maximum absolute atomic E-state index is 13.5. The van der Waals surface area contributed by atoms with Gasteiger partial charge in [-0.2, -0.15) is 0 Å². The highest BCUT2D eigenvalue weighted by Crippen LogP contribution is 2.51. The second kappa shape index (κ2) is 10.5. The summed E-state index contributed by atoms with van der Waals surface area (Å²) in [5.74, 6) is 0.112. The second-order valence-electron chi connectivity index (χ2n) is 9.19. The Bertz CT molecular complexity index is 1020. The Hall–Kier alpha value is -3.00. The molecule has 0 saturated carbocycles. The Morgan fingerprint density at radius 1 is 1.06 bits per heavy atom. The van der Waals surface area contributed by atoms with E-state index in [2.05, 4.69) is 19.2 Å². The third-order valence-corrected chi connectivity index (χ3v) is 6.17. The molecule has 8 nitrogen and oxygen atoms in total. The van der Waals surface area contributed by atoms with E-state index in [4.69, 9.17) is 23.7 Å². The normalized spacial score (nSPS) is 19.4. The highest BCUT2D eigenvalue weighted by Gasteiger charge is 2.44. The van der Waals surface area contributed by atoms with Crippen molar-refractivity contribution in [3.05, 3.63) is 40.2 Å². The largest absolute Gasteiger partial charge is 0.493 e. The van der Waals surface area contributed by atoms with E-state index >= 15 is 0 Å². The van der Waals surface area contributed by atoms with Gasteiger partial charge in [0.25, 0.3) is 0 Å². The molecule has 1 heterocycles. The molecule has 3 rings (SSSR count). The molecule has 1 atom stereocenters. The van der Waals surface area contributed by atoms with E-state index in [0.717, 1.165) is 5.70 Å². The van der Waals surface area contributed by atoms with Crippen LogP contribution in [0.15, 0.2) is 34.7 Å². The molecule has 0 aromatic heterocycles. The minimum absolute atomic E-state index is 0.00676. The number of rotatable bonds is 9. The molecule has 1 aromatic rings. The van der Waals surface area contributed by atoms with Crippen LogP contribution in [0.1, 0.15) is 52.0 Å². The number of dihydropyridines is 1. The van der Waals surface area contributed by atoms with E-state index in [0.29, 0.717) is 65.7 Å². The zero-order valence-electron chi connectivity index (χ0n) is 21.1. The van der Waals surface area contributed by atoms with Gasteiger partial charge in [-0.1, -0.05) is 19.9 Å². The molecule has 8 heteroatoms. The number of carbonyl (C=O) groups excluding carboxylic acids is 2. The molecule has 1 aliphatic carbocycles. The lowest BCUT2D eigenvalue weighted by atomic mass is 9.68. The molecule has 1 aromatic carbocycles. The molecule has 1 aliphatic heterocycles. The Labute approximate surface area is 201 Å². The van der Waals surface area contributed by atoms with Gasteiger partial charge in [0.05, 0.1) is 39.4 Å². The molecule has 186 valence electrons. The van der Waals surface area contributed by atoms with Gasteiger partial charge in [-0.05, 0) is 31.7 Å². The first-order valence-electron chi connectivity index (χ1n) is 11.5. The molecule has 0 unspecified atom stereocenters. The summed E-state index contributed by atoms with van der Waals surface area (Å²) < 4.78 is 27.6. The molecule has 0 bridgehead atoms. The van der Waals surface area contributed by atoms with Crippen LogP contribution in [0.4, 0.5) is 0 Å². The smallest absolute Gasteiger partial charge is 0.336 e. The van der Waals surface area contributed by atoms with E-state index in [1.54, 1.807) is 13.2 Å². The van der Waals surface area contributed by atoms with Gasteiger partial charge in [0.15, 0.2) is 17.3 Å². The molecule has 2 aliphatic rings. The van der Waals surface area contributed by atoms with Crippen LogP contribution in [0.2, 0.25) is 0 Å². The van der Waals surface area contributed by atoms with Crippen LogP contribution in [-0.2, 0) is 19.1 Å². The van der Waals surface area contributed by atoms with E-state index in [9.17, 15) is 9.59 Å². The molecule has 34 heavy (non-hydrogen) atoms. The quantitative estimate of drug-likeness (QED) is 0.427. The van der Waals surface area contributed by atoms with Crippen LogP contribution < -0.4 is 19.5 Å². The van der Waals surface area contributed by atoms with Gasteiger partial charge in [0.2, 0.25) is 5.75 Å². The Balaban J connectivity index is 2.18. The molecule has 0 spiro atoms. The van der Waals surface area contributed by atoms with Gasteiger partial charge in [-0.25, -0.2) is 4.79 Å². The zero-order chi connectivity index (χ0) is 25.0. The van der Waals surface area contributed by atoms with Crippen LogP contribution in [0, 0.1) is 5.41 Å². The van der Waals surface area contributed by atoms with Gasteiger partial charge in [-0.3, -0.25) is 4.79 Å². The second-order valence-corrected chi connectivity index (χ2v) is 9.19. The molecule has 1 N–H and O–H groups in total. The maximum Gasteiger partial charge on any atom is 0.336 e. The van der Waals surface area contributed by atoms with Crippen molar-refractivity contribution >= 4 is 11.8 Å². The van der Waals surface area contributed by atoms with Gasteiger partial charge in [0.1, 0.15) is 6.61 Å². The monoisotopic (exact) mass is 473 g/mol. The lowest BCUT2D eigenvalue weighted by molar-refractivity contribution is -0.140. The van der Waals surface area contributed by atoms with Crippen LogP contribution >= 0.6 is 0 Å². The first-order chi connectivity index (χ1) is 16.2. The van der Waals surface area contributed by atoms with Crippen molar-refractivity contribution in [3.63, 3.8) is 0 Å². The number of ether oxygens (including phenoxy) is 5. The van der Waals surface area contributed by atoms with Crippen molar-refractivity contribution in [3.8, 4) is 17.2 Å². The number of hydrogen-bond donors (Lipinski definition) is 1. The van der Waals surface area contributed by atoms with E-state index in [1.165, 1.54) is 14.2 Å². The summed E-state index contributed by atoms with van der Waals surface area (Å²) >= 11 is 0. The number of ketones is 1. The van der Waals surface area contributed by atoms with Gasteiger partial charge in [-0.15, -0.1) is 0 Å². The molecule has 0 fully saturated rings. The van der Waals surface area contributed by atoms with Crippen LogP contribution in [0.25, 0.3) is 0 Å². The fourth-order valence-corrected chi connectivity index (χ4v) is 4.78. The standard InChI is InChI=1S/C26H35NO7/c1-8-33-11-12-34-25(29)20-15(2)27-17-13-26(3,4)14-18(28)22(17)21(20)16-9-10-19(30-5)24(32-7)23(16)31-6/h9-10,21,27H,8,11-14H2,1-7H3/t21-/m1/s1. The lowest BCUT2D eigenvalue weighted by Gasteiger charge is -2.39. The summed E-state index contributed by atoms with van der Waals surface area (Å²) in [7, 11) is 4.59. The van der Waals surface area contributed by atoms with Crippen LogP contribution in [0.5, 0.6) is 17.2 Å². The number of allylic oxidation sites excluding steroid dienone is 3. The first kappa shape index (κ1) is 25.6. The predicted molar refractivity (Wildman–Crippen MR) is 127 cm³/mol. The van der Waals surface area contributed by atoms with Crippen molar-refractivity contribution in [2.75, 3.05) is 41.2 Å². The fourth-order valence-electron chi connectivity index (χ4n) is 4.78. The lowest BCUT2D eigenvalue weighted by Crippen LogP contribution is -2.39. The Kier molecular flexibility index (Phi) is 7.92. The van der Waals surface area contributed by atoms with E-state index in [-0.39, 0.29) is 17.8 Å². The van der Waals surface area contributed by atoms with Crippen molar-refractivity contribution < 1.29 is 33.3 Å². The van der Waals surface area contributed by atoms with E-state index in [1.807, 2.05) is 19.9 Å². The van der Waals surface area contributed by atoms with Crippen molar-refractivity contribution in [1.29, 1.82) is 0 Å². The number of methoxy groups -OCH3 is 3. The topological polar surface area (TPSA) is 92.3 Å². The van der Waals surface area contributed by atoms with Crippen molar-refractivity contribution in [1.82, 2.24) is 5.32 Å². The number of hydrogen-bond acceptors (Lipinski definition) is 8. The van der Waals surface area contributed by atoms with Crippen molar-refractivity contribution in [2.45, 2.75) is 46.5 Å². The molecule has 0 saturated heterocycles. The van der Waals surface area contributed by atoms with Gasteiger partial charge >= 0.3 is 5.97 Å². The Morgan fingerprint density at radius 3 is 2.38 bits per heavy atom. The summed E-state index contributed by atoms with van der Waals surface area (Å²) in [6.45, 7) is 8.79. The molecular formula is C26H35NO7. The van der Waals surface area contributed by atoms with Crippen LogP contribution in [0.3, 0.4) is 0 Å². The highest BCUT2D eigenvalue weighted by atomic mass is 16.6. The van der Waals surface area contributed by atoms with Gasteiger partial charge < -0.3 is 29.0 Å². The summed E-state index contributed by atoms with van der Waals surface area (Å²) in [6, 6.07) is 3.57. The molecule has 0 radical (unpaired) electrons. The third-order valence-electron chi connectivity index (χ3n) is 6.17. The summed E-state index contributed by atoms with van der Waals surface area (Å²) in [4.78, 5) is 26.8. The number of benzene rings is 1. The molecule has 0 amide bonds. The van der Waals surface area contributed by atoms with Gasteiger partial charge in [0, 0.05) is 35.6 Å². The minimum atomic E-state index is -0.672. The SMILES string of the molecule is CCOCCOC(=O)C1=C(C)NC2=C(C(=O)CC(C)(C)C2)[C@@H]1c1ccc(OC)c(OC)c1OC. The first-order valence-corrected chi connectivity index (χ1v) is 11.5. The summed E-state index contributed by atoms with van der Waals surface area (Å²) in [6.07, 6.45) is 1.06. The van der Waals surface area contributed by atoms with E-state index < -0.39 is 11.9 Å². The summed E-state index contributed by atoms with van der Waals surface area (Å²) in [5, 5.41) is 3.33. The zero-order valence-corrected chi connectivity index (χ0v) is 21.1. The maximum atomic E-state index is 13.5. The average molecular weight is 474 g/mol. The molecular weight excluding hydrogens is 438 g/mol. The number of esters is 1. The fraction of sp³-hybridized carbons (Fsp3) is 0.538. The highest BCUT2D eigenvalue weighted by molar-refractivity contribution is 6.04. The minimum Gasteiger partial charge on any atom is -0.493 e. The van der Waals surface area contributed by atoms with Crippen molar-refractivity contribution in [2.24, 2.45) is 5.41 Å². The number of carbonyl (C=O) groups is 2. The third kappa shape index (κ3) is 4.92. The van der Waals surface area contributed by atoms with Crippen LogP contribution in [-0.4, -0.2) is 52.9 Å². The summed E-state index contributed by atoms with van der Waals surface area (Å²) in [5.41, 5.74) is 2.85. The number of Topliss-reactive ketones (excluding diaryl/α,β-unsaturated/α-hetero) is 1. The average Bonchev–Trinajstić information content (AvgIpc) is 2.78.